The number of aromatic amines is 1. The lowest BCUT2D eigenvalue weighted by molar-refractivity contribution is 0.0364. The van der Waals surface area contributed by atoms with Crippen molar-refractivity contribution in [2.75, 3.05) is 32.8 Å². The Bertz CT molecular complexity index is 842. The Morgan fingerprint density at radius 1 is 1.12 bits per heavy atom. The molecule has 138 valence electrons. The van der Waals surface area contributed by atoms with Gasteiger partial charge in [-0.1, -0.05) is 20.8 Å². The Balaban J connectivity index is 2.05. The molecule has 1 N–H and O–H groups in total. The topological polar surface area (TPSA) is 85.2 Å². The molecule has 0 saturated carbocycles. The number of H-pyrrole nitrogens is 1. The molecule has 0 radical (unpaired) electrons. The zero-order chi connectivity index (χ0) is 18.0. The summed E-state index contributed by atoms with van der Waals surface area (Å²) in [5.41, 5.74) is 0.271. The van der Waals surface area contributed by atoms with E-state index >= 15 is 0 Å². The van der Waals surface area contributed by atoms with Crippen LogP contribution in [0.3, 0.4) is 0 Å². The second kappa shape index (κ2) is 7.53. The number of hydrogen-bond donors (Lipinski definition) is 1. The van der Waals surface area contributed by atoms with E-state index in [-0.39, 0.29) is 17.2 Å². The monoisotopic (exact) mass is 349 g/mol. The molecule has 0 spiro atoms. The van der Waals surface area contributed by atoms with Gasteiger partial charge in [0.1, 0.15) is 5.82 Å². The smallest absolute Gasteiger partial charge is 0.330 e. The van der Waals surface area contributed by atoms with Crippen molar-refractivity contribution in [3.8, 4) is 0 Å². The van der Waals surface area contributed by atoms with Gasteiger partial charge in [-0.3, -0.25) is 19.2 Å². The fraction of sp³-hybridized carbons (Fsp3) is 0.706. The van der Waals surface area contributed by atoms with Gasteiger partial charge in [-0.25, -0.2) is 9.78 Å². The number of aryl methyl sites for hydroxylation is 1. The van der Waals surface area contributed by atoms with Crippen molar-refractivity contribution in [1.82, 2.24) is 24.0 Å². The van der Waals surface area contributed by atoms with E-state index in [0.717, 1.165) is 45.1 Å². The zero-order valence-electron chi connectivity index (χ0n) is 15.2. The van der Waals surface area contributed by atoms with E-state index in [2.05, 4.69) is 28.7 Å². The maximum atomic E-state index is 12.5. The molecule has 25 heavy (non-hydrogen) atoms. The minimum atomic E-state index is -0.382. The van der Waals surface area contributed by atoms with Gasteiger partial charge in [0.05, 0.1) is 13.2 Å². The molecule has 8 heteroatoms. The van der Waals surface area contributed by atoms with Crippen LogP contribution >= 0.6 is 0 Å². The number of morpholine rings is 1. The van der Waals surface area contributed by atoms with Gasteiger partial charge in [0, 0.05) is 38.6 Å². The Labute approximate surface area is 146 Å². The van der Waals surface area contributed by atoms with E-state index in [4.69, 9.17) is 4.74 Å². The number of hydrogen-bond acceptors (Lipinski definition) is 5. The summed E-state index contributed by atoms with van der Waals surface area (Å²) < 4.78 is 8.95. The van der Waals surface area contributed by atoms with Crippen molar-refractivity contribution in [2.24, 2.45) is 0 Å². The molecule has 0 aromatic carbocycles. The molecule has 1 aliphatic heterocycles. The summed E-state index contributed by atoms with van der Waals surface area (Å²) in [5, 5.41) is 0. The molecular formula is C17H27N5O3. The standard InChI is InChI=1S/C17H27N5O3/c1-4-5-22-15-13(16(23)19-17(22)24)21(14(18-15)12(2)3)7-6-20-8-10-25-11-9-20/h12H,4-11H2,1-3H3,(H,19,23,24). The summed E-state index contributed by atoms with van der Waals surface area (Å²) in [6.45, 7) is 11.5. The maximum absolute atomic E-state index is 12.5. The first-order chi connectivity index (χ1) is 12.0. The Kier molecular flexibility index (Phi) is 5.39. The fourth-order valence-corrected chi connectivity index (χ4v) is 3.35. The van der Waals surface area contributed by atoms with Crippen molar-refractivity contribution in [3.05, 3.63) is 26.7 Å². The Hall–Kier alpha value is -1.93. The quantitative estimate of drug-likeness (QED) is 0.832. The maximum Gasteiger partial charge on any atom is 0.330 e. The van der Waals surface area contributed by atoms with E-state index in [1.807, 2.05) is 11.5 Å². The largest absolute Gasteiger partial charge is 0.379 e. The average molecular weight is 349 g/mol. The SMILES string of the molecule is CCCn1c(=O)[nH]c(=O)c2c1nc(C(C)C)n2CCN1CCOCC1. The molecule has 1 saturated heterocycles. The van der Waals surface area contributed by atoms with Crippen molar-refractivity contribution in [3.63, 3.8) is 0 Å². The number of fused-ring (bicyclic) bond motifs is 1. The molecule has 3 rings (SSSR count). The van der Waals surface area contributed by atoms with Crippen molar-refractivity contribution >= 4 is 11.2 Å². The molecule has 2 aromatic heterocycles. The number of ether oxygens (including phenoxy) is 1. The highest BCUT2D eigenvalue weighted by molar-refractivity contribution is 5.71. The van der Waals surface area contributed by atoms with Gasteiger partial charge in [0.15, 0.2) is 11.2 Å². The summed E-state index contributed by atoms with van der Waals surface area (Å²) in [4.78, 5) is 34.1. The lowest BCUT2D eigenvalue weighted by Crippen LogP contribution is -2.38. The first-order valence-electron chi connectivity index (χ1n) is 9.06. The molecule has 2 aromatic rings. The summed E-state index contributed by atoms with van der Waals surface area (Å²) >= 11 is 0. The second-order valence-corrected chi connectivity index (χ2v) is 6.81. The summed E-state index contributed by atoms with van der Waals surface area (Å²) in [6, 6.07) is 0. The van der Waals surface area contributed by atoms with Crippen molar-refractivity contribution in [2.45, 2.75) is 46.2 Å². The van der Waals surface area contributed by atoms with Gasteiger partial charge in [-0.2, -0.15) is 0 Å². The molecule has 8 nitrogen and oxygen atoms in total. The summed E-state index contributed by atoms with van der Waals surface area (Å²) in [7, 11) is 0. The number of aromatic nitrogens is 4. The number of nitrogens with one attached hydrogen (secondary N) is 1. The van der Waals surface area contributed by atoms with E-state index in [9.17, 15) is 9.59 Å². The van der Waals surface area contributed by atoms with E-state index in [1.54, 1.807) is 4.57 Å². The summed E-state index contributed by atoms with van der Waals surface area (Å²) in [5.74, 6) is 1.02. The first-order valence-corrected chi connectivity index (χ1v) is 9.06. The van der Waals surface area contributed by atoms with Crippen molar-refractivity contribution < 1.29 is 4.74 Å². The predicted octanol–water partition coefficient (Wildman–Crippen LogP) is 0.752. The second-order valence-electron chi connectivity index (χ2n) is 6.81. The number of imidazole rings is 1. The van der Waals surface area contributed by atoms with Crippen LogP contribution < -0.4 is 11.2 Å². The van der Waals surface area contributed by atoms with E-state index in [0.29, 0.717) is 24.3 Å². The van der Waals surface area contributed by atoms with Crippen LogP contribution in [0.25, 0.3) is 11.2 Å². The molecule has 3 heterocycles. The van der Waals surface area contributed by atoms with Gasteiger partial charge >= 0.3 is 5.69 Å². The molecule has 0 aliphatic carbocycles. The third-order valence-corrected chi connectivity index (χ3v) is 4.62. The van der Waals surface area contributed by atoms with Gasteiger partial charge in [0.2, 0.25) is 0 Å². The molecule has 1 fully saturated rings. The molecular weight excluding hydrogens is 322 g/mol. The highest BCUT2D eigenvalue weighted by Gasteiger charge is 2.21. The normalized spacial score (nSPS) is 16.2. The van der Waals surface area contributed by atoms with E-state index in [1.165, 1.54) is 0 Å². The van der Waals surface area contributed by atoms with Crippen LogP contribution in [-0.2, 0) is 17.8 Å². The lowest BCUT2D eigenvalue weighted by atomic mass is 10.2. The zero-order valence-corrected chi connectivity index (χ0v) is 15.2. The molecule has 0 atom stereocenters. The number of rotatable bonds is 6. The summed E-state index contributed by atoms with van der Waals surface area (Å²) in [6.07, 6.45) is 0.804. The van der Waals surface area contributed by atoms with Gasteiger partial charge < -0.3 is 9.30 Å². The highest BCUT2D eigenvalue weighted by Crippen LogP contribution is 2.19. The van der Waals surface area contributed by atoms with Crippen LogP contribution in [0.4, 0.5) is 0 Å². The van der Waals surface area contributed by atoms with Crippen LogP contribution in [0, 0.1) is 0 Å². The van der Waals surface area contributed by atoms with Crippen LogP contribution in [0.2, 0.25) is 0 Å². The van der Waals surface area contributed by atoms with Crippen LogP contribution in [0.5, 0.6) is 0 Å². The molecule has 0 amide bonds. The van der Waals surface area contributed by atoms with Crippen molar-refractivity contribution in [1.29, 1.82) is 0 Å². The minimum Gasteiger partial charge on any atom is -0.379 e. The van der Waals surface area contributed by atoms with E-state index < -0.39 is 0 Å². The molecule has 1 aliphatic rings. The average Bonchev–Trinajstić information content (AvgIpc) is 2.98. The van der Waals surface area contributed by atoms with Gasteiger partial charge in [-0.15, -0.1) is 0 Å². The Morgan fingerprint density at radius 2 is 1.84 bits per heavy atom. The first kappa shape index (κ1) is 17.9. The minimum absolute atomic E-state index is 0.168. The third-order valence-electron chi connectivity index (χ3n) is 4.62. The van der Waals surface area contributed by atoms with Crippen LogP contribution in [0.1, 0.15) is 38.9 Å². The fourth-order valence-electron chi connectivity index (χ4n) is 3.35. The molecule has 0 unspecified atom stereocenters. The van der Waals surface area contributed by atoms with Crippen LogP contribution in [0.15, 0.2) is 9.59 Å². The van der Waals surface area contributed by atoms with Crippen LogP contribution in [-0.4, -0.2) is 56.9 Å². The third kappa shape index (κ3) is 3.55. The van der Waals surface area contributed by atoms with Gasteiger partial charge in [-0.05, 0) is 6.42 Å². The molecule has 0 bridgehead atoms. The number of nitrogens with zero attached hydrogens (tertiary/aromatic N) is 4. The highest BCUT2D eigenvalue weighted by atomic mass is 16.5. The predicted molar refractivity (Wildman–Crippen MR) is 96.3 cm³/mol. The van der Waals surface area contributed by atoms with Gasteiger partial charge in [0.25, 0.3) is 5.56 Å². The lowest BCUT2D eigenvalue weighted by Gasteiger charge is -2.27. The Morgan fingerprint density at radius 3 is 2.48 bits per heavy atom.